The number of halogens is 1. The Balaban J connectivity index is 1.73. The summed E-state index contributed by atoms with van der Waals surface area (Å²) in [4.78, 5) is 14.9. The highest BCUT2D eigenvalue weighted by atomic mass is 35.5. The fraction of sp³-hybridized carbons (Fsp3) is 0.381. The number of ether oxygens (including phenoxy) is 2. The van der Waals surface area contributed by atoms with Crippen LogP contribution in [0.5, 0.6) is 5.75 Å². The fourth-order valence-electron chi connectivity index (χ4n) is 2.96. The molecule has 0 bridgehead atoms. The van der Waals surface area contributed by atoms with Crippen molar-refractivity contribution in [3.63, 3.8) is 0 Å². The number of hydrogen-bond acceptors (Lipinski definition) is 3. The molecule has 2 aromatic rings. The standard InChI is InChI=1S/C21H24ClNO3/c1-15(14-25-2)26-20-8-3-5-16(11-20)13-23(19-9-10-19)21(24)17-6-4-7-18(22)12-17/h3-8,11-12,15,19H,9-10,13-14H2,1-2H3/t15-/m1/s1. The van der Waals surface area contributed by atoms with Crippen molar-refractivity contribution >= 4 is 17.5 Å². The Morgan fingerprint density at radius 1 is 1.23 bits per heavy atom. The second kappa shape index (κ2) is 8.56. The number of amides is 1. The summed E-state index contributed by atoms with van der Waals surface area (Å²) in [6.07, 6.45) is 2.07. The van der Waals surface area contributed by atoms with Crippen molar-refractivity contribution in [2.75, 3.05) is 13.7 Å². The maximum absolute atomic E-state index is 13.0. The monoisotopic (exact) mass is 373 g/mol. The van der Waals surface area contributed by atoms with E-state index in [-0.39, 0.29) is 12.0 Å². The highest BCUT2D eigenvalue weighted by Gasteiger charge is 2.33. The average molecular weight is 374 g/mol. The number of benzene rings is 2. The van der Waals surface area contributed by atoms with Crippen molar-refractivity contribution in [1.82, 2.24) is 4.90 Å². The van der Waals surface area contributed by atoms with Crippen LogP contribution in [0.15, 0.2) is 48.5 Å². The first kappa shape index (κ1) is 18.7. The summed E-state index contributed by atoms with van der Waals surface area (Å²) >= 11 is 6.05. The van der Waals surface area contributed by atoms with Crippen LogP contribution < -0.4 is 4.74 Å². The van der Waals surface area contributed by atoms with Crippen LogP contribution >= 0.6 is 11.6 Å². The van der Waals surface area contributed by atoms with Gasteiger partial charge in [-0.25, -0.2) is 0 Å². The SMILES string of the molecule is COC[C@@H](C)Oc1cccc(CN(C(=O)c2cccc(Cl)c2)C2CC2)c1. The fourth-order valence-corrected chi connectivity index (χ4v) is 3.15. The zero-order chi connectivity index (χ0) is 18.5. The van der Waals surface area contributed by atoms with Gasteiger partial charge in [0.15, 0.2) is 0 Å². The Labute approximate surface area is 159 Å². The van der Waals surface area contributed by atoms with Gasteiger partial charge in [-0.15, -0.1) is 0 Å². The van der Waals surface area contributed by atoms with Crippen molar-refractivity contribution in [2.45, 2.75) is 38.5 Å². The van der Waals surface area contributed by atoms with Gasteiger partial charge in [-0.1, -0.05) is 29.8 Å². The topological polar surface area (TPSA) is 38.8 Å². The summed E-state index contributed by atoms with van der Waals surface area (Å²) in [7, 11) is 1.66. The average Bonchev–Trinajstić information content (AvgIpc) is 3.44. The Hall–Kier alpha value is -2.04. The van der Waals surface area contributed by atoms with Crippen LogP contribution in [0.4, 0.5) is 0 Å². The van der Waals surface area contributed by atoms with Crippen LogP contribution in [-0.2, 0) is 11.3 Å². The van der Waals surface area contributed by atoms with E-state index >= 15 is 0 Å². The summed E-state index contributed by atoms with van der Waals surface area (Å²) in [6, 6.07) is 15.3. The van der Waals surface area contributed by atoms with Gasteiger partial charge < -0.3 is 14.4 Å². The van der Waals surface area contributed by atoms with Gasteiger partial charge in [0.1, 0.15) is 11.9 Å². The summed E-state index contributed by atoms with van der Waals surface area (Å²) < 4.78 is 11.0. The predicted octanol–water partition coefficient (Wildman–Crippen LogP) is 4.56. The van der Waals surface area contributed by atoms with Gasteiger partial charge in [0.25, 0.3) is 5.91 Å². The van der Waals surface area contributed by atoms with E-state index in [4.69, 9.17) is 21.1 Å². The summed E-state index contributed by atoms with van der Waals surface area (Å²) in [5.41, 5.74) is 1.68. The molecule has 26 heavy (non-hydrogen) atoms. The van der Waals surface area contributed by atoms with Crippen molar-refractivity contribution in [3.05, 3.63) is 64.7 Å². The third-order valence-electron chi connectivity index (χ3n) is 4.31. The summed E-state index contributed by atoms with van der Waals surface area (Å²) in [5, 5.41) is 0.578. The lowest BCUT2D eigenvalue weighted by molar-refractivity contribution is 0.0729. The molecule has 0 unspecified atom stereocenters. The lowest BCUT2D eigenvalue weighted by Gasteiger charge is -2.23. The second-order valence-electron chi connectivity index (χ2n) is 6.71. The third-order valence-corrected chi connectivity index (χ3v) is 4.55. The van der Waals surface area contributed by atoms with Crippen LogP contribution in [0.25, 0.3) is 0 Å². The molecular formula is C21H24ClNO3. The summed E-state index contributed by atoms with van der Waals surface area (Å²) in [5.74, 6) is 0.812. The maximum Gasteiger partial charge on any atom is 0.254 e. The van der Waals surface area contributed by atoms with Crippen LogP contribution in [0, 0.1) is 0 Å². The second-order valence-corrected chi connectivity index (χ2v) is 7.14. The van der Waals surface area contributed by atoms with Crippen LogP contribution in [-0.4, -0.2) is 36.7 Å². The van der Waals surface area contributed by atoms with Gasteiger partial charge in [-0.3, -0.25) is 4.79 Å². The zero-order valence-electron chi connectivity index (χ0n) is 15.2. The number of carbonyl (C=O) groups excluding carboxylic acids is 1. The van der Waals surface area contributed by atoms with Crippen LogP contribution in [0.1, 0.15) is 35.7 Å². The number of carbonyl (C=O) groups is 1. The van der Waals surface area contributed by atoms with Crippen LogP contribution in [0.3, 0.4) is 0 Å². The molecule has 1 saturated carbocycles. The first-order chi connectivity index (χ1) is 12.6. The molecule has 0 aromatic heterocycles. The molecule has 0 saturated heterocycles. The van der Waals surface area contributed by atoms with Crippen molar-refractivity contribution in [2.24, 2.45) is 0 Å². The molecule has 0 radical (unpaired) electrons. The number of methoxy groups -OCH3 is 1. The zero-order valence-corrected chi connectivity index (χ0v) is 15.9. The predicted molar refractivity (Wildman–Crippen MR) is 103 cm³/mol. The molecular weight excluding hydrogens is 350 g/mol. The molecule has 0 N–H and O–H groups in total. The van der Waals surface area contributed by atoms with E-state index in [1.54, 1.807) is 19.2 Å². The Kier molecular flexibility index (Phi) is 6.17. The lowest BCUT2D eigenvalue weighted by atomic mass is 10.1. The molecule has 1 amide bonds. The minimum Gasteiger partial charge on any atom is -0.488 e. The van der Waals surface area contributed by atoms with E-state index in [2.05, 4.69) is 0 Å². The molecule has 1 fully saturated rings. The number of rotatable bonds is 8. The van der Waals surface area contributed by atoms with Gasteiger partial charge >= 0.3 is 0 Å². The molecule has 0 aliphatic heterocycles. The summed E-state index contributed by atoms with van der Waals surface area (Å²) in [6.45, 7) is 3.06. The van der Waals surface area contributed by atoms with E-state index < -0.39 is 0 Å². The van der Waals surface area contributed by atoms with E-state index in [0.717, 1.165) is 24.2 Å². The van der Waals surface area contributed by atoms with Crippen molar-refractivity contribution in [1.29, 1.82) is 0 Å². The number of nitrogens with zero attached hydrogens (tertiary/aromatic N) is 1. The van der Waals surface area contributed by atoms with Gasteiger partial charge in [0.05, 0.1) is 6.61 Å². The largest absolute Gasteiger partial charge is 0.488 e. The molecule has 4 nitrogen and oxygen atoms in total. The Morgan fingerprint density at radius 2 is 2.00 bits per heavy atom. The molecule has 1 aliphatic carbocycles. The quantitative estimate of drug-likeness (QED) is 0.681. The normalized spacial score (nSPS) is 14.7. The van der Waals surface area contributed by atoms with Crippen LogP contribution in [0.2, 0.25) is 5.02 Å². The lowest BCUT2D eigenvalue weighted by Crippen LogP contribution is -2.32. The smallest absolute Gasteiger partial charge is 0.254 e. The van der Waals surface area contributed by atoms with E-state index in [9.17, 15) is 4.79 Å². The maximum atomic E-state index is 13.0. The van der Waals surface area contributed by atoms with Crippen molar-refractivity contribution < 1.29 is 14.3 Å². The minimum absolute atomic E-state index is 0.0223. The molecule has 3 rings (SSSR count). The number of hydrogen-bond donors (Lipinski definition) is 0. The van der Waals surface area contributed by atoms with E-state index in [1.165, 1.54) is 0 Å². The first-order valence-corrected chi connectivity index (χ1v) is 9.25. The Bertz CT molecular complexity index is 760. The molecule has 1 atom stereocenters. The van der Waals surface area contributed by atoms with Crippen molar-refractivity contribution in [3.8, 4) is 5.75 Å². The first-order valence-electron chi connectivity index (χ1n) is 8.88. The molecule has 1 aliphatic rings. The molecule has 2 aromatic carbocycles. The molecule has 0 heterocycles. The minimum atomic E-state index is -0.0251. The highest BCUT2D eigenvalue weighted by Crippen LogP contribution is 2.30. The highest BCUT2D eigenvalue weighted by molar-refractivity contribution is 6.30. The molecule has 0 spiro atoms. The third kappa shape index (κ3) is 4.99. The molecule has 138 valence electrons. The Morgan fingerprint density at radius 3 is 2.69 bits per heavy atom. The van der Waals surface area contributed by atoms with E-state index in [1.807, 2.05) is 48.2 Å². The van der Waals surface area contributed by atoms with Gasteiger partial charge in [-0.05, 0) is 55.7 Å². The van der Waals surface area contributed by atoms with Gasteiger partial charge in [-0.2, -0.15) is 0 Å². The molecule has 5 heteroatoms. The van der Waals surface area contributed by atoms with Gasteiger partial charge in [0.2, 0.25) is 0 Å². The van der Waals surface area contributed by atoms with E-state index in [0.29, 0.717) is 29.8 Å². The van der Waals surface area contributed by atoms with Gasteiger partial charge in [0, 0.05) is 30.3 Å².